The minimum Gasteiger partial charge on any atom is -0.497 e. The highest BCUT2D eigenvalue weighted by Gasteiger charge is 2.06. The average Bonchev–Trinajstić information content (AvgIpc) is 2.58. The van der Waals surface area contributed by atoms with E-state index in [1.54, 1.807) is 56.7 Å². The van der Waals surface area contributed by atoms with E-state index in [2.05, 4.69) is 0 Å². The van der Waals surface area contributed by atoms with Crippen molar-refractivity contribution in [2.45, 2.75) is 6.61 Å². The molecule has 0 spiro atoms. The molecule has 0 saturated carbocycles. The first kappa shape index (κ1) is 18.2. The summed E-state index contributed by atoms with van der Waals surface area (Å²) < 4.78 is 15.6. The number of benzene rings is 2. The molecular formula is C18H16Cl2O4. The lowest BCUT2D eigenvalue weighted by Gasteiger charge is -2.07. The van der Waals surface area contributed by atoms with Crippen molar-refractivity contribution in [2.75, 3.05) is 14.2 Å². The molecule has 0 aliphatic rings. The fourth-order valence-electron chi connectivity index (χ4n) is 1.96. The number of hydrogen-bond acceptors (Lipinski definition) is 4. The fraction of sp³-hybridized carbons (Fsp3) is 0.167. The van der Waals surface area contributed by atoms with E-state index in [1.807, 2.05) is 0 Å². The van der Waals surface area contributed by atoms with E-state index in [1.165, 1.54) is 6.08 Å². The van der Waals surface area contributed by atoms with Gasteiger partial charge in [-0.1, -0.05) is 29.3 Å². The Morgan fingerprint density at radius 3 is 2.54 bits per heavy atom. The summed E-state index contributed by atoms with van der Waals surface area (Å²) in [6.07, 6.45) is 2.92. The van der Waals surface area contributed by atoms with Crippen LogP contribution in [0.25, 0.3) is 6.08 Å². The molecule has 0 fully saturated rings. The predicted molar refractivity (Wildman–Crippen MR) is 94.8 cm³/mol. The highest BCUT2D eigenvalue weighted by molar-refractivity contribution is 6.35. The van der Waals surface area contributed by atoms with Crippen LogP contribution in [0, 0.1) is 0 Å². The first-order valence-corrected chi connectivity index (χ1v) is 7.80. The summed E-state index contributed by atoms with van der Waals surface area (Å²) in [5, 5.41) is 0.980. The lowest BCUT2D eigenvalue weighted by molar-refractivity contribution is -0.138. The largest absolute Gasteiger partial charge is 0.497 e. The normalized spacial score (nSPS) is 10.7. The van der Waals surface area contributed by atoms with Crippen molar-refractivity contribution in [1.82, 2.24) is 0 Å². The number of rotatable bonds is 6. The molecule has 0 aliphatic heterocycles. The van der Waals surface area contributed by atoms with Crippen LogP contribution in [0.1, 0.15) is 11.1 Å². The van der Waals surface area contributed by atoms with E-state index in [0.29, 0.717) is 32.7 Å². The zero-order valence-corrected chi connectivity index (χ0v) is 14.7. The molecule has 0 unspecified atom stereocenters. The third-order valence-electron chi connectivity index (χ3n) is 3.22. The molecule has 0 amide bonds. The van der Waals surface area contributed by atoms with Gasteiger partial charge >= 0.3 is 5.97 Å². The zero-order valence-electron chi connectivity index (χ0n) is 13.2. The third kappa shape index (κ3) is 4.91. The lowest BCUT2D eigenvalue weighted by atomic mass is 10.1. The van der Waals surface area contributed by atoms with E-state index in [4.69, 9.17) is 37.4 Å². The Kier molecular flexibility index (Phi) is 6.53. The molecule has 6 heteroatoms. The molecule has 0 heterocycles. The van der Waals surface area contributed by atoms with E-state index in [0.717, 1.165) is 0 Å². The first-order chi connectivity index (χ1) is 11.5. The van der Waals surface area contributed by atoms with Gasteiger partial charge in [-0.2, -0.15) is 0 Å². The molecule has 2 rings (SSSR count). The summed E-state index contributed by atoms with van der Waals surface area (Å²) in [6, 6.07) is 10.3. The van der Waals surface area contributed by atoms with Gasteiger partial charge in [-0.3, -0.25) is 0 Å². The molecule has 2 aromatic carbocycles. The van der Waals surface area contributed by atoms with Crippen molar-refractivity contribution in [2.24, 2.45) is 0 Å². The van der Waals surface area contributed by atoms with Gasteiger partial charge in [0.2, 0.25) is 0 Å². The van der Waals surface area contributed by atoms with Crippen LogP contribution in [0.5, 0.6) is 11.5 Å². The van der Waals surface area contributed by atoms with Gasteiger partial charge in [-0.05, 0) is 36.4 Å². The van der Waals surface area contributed by atoms with Gasteiger partial charge in [0.05, 0.1) is 14.2 Å². The van der Waals surface area contributed by atoms with Crippen LogP contribution in [0.3, 0.4) is 0 Å². The second kappa shape index (κ2) is 8.62. The number of ether oxygens (including phenoxy) is 3. The second-order valence-corrected chi connectivity index (χ2v) is 5.63. The van der Waals surface area contributed by atoms with Crippen LogP contribution < -0.4 is 9.47 Å². The number of hydrogen-bond donors (Lipinski definition) is 0. The molecule has 126 valence electrons. The molecule has 2 aromatic rings. The van der Waals surface area contributed by atoms with Crippen LogP contribution in [0.4, 0.5) is 0 Å². The molecule has 4 nitrogen and oxygen atoms in total. The molecule has 0 atom stereocenters. The van der Waals surface area contributed by atoms with Crippen molar-refractivity contribution >= 4 is 35.2 Å². The smallest absolute Gasteiger partial charge is 0.331 e. The molecule has 0 N–H and O–H groups in total. The Morgan fingerprint density at radius 2 is 1.88 bits per heavy atom. The topological polar surface area (TPSA) is 44.8 Å². The van der Waals surface area contributed by atoms with Crippen LogP contribution in [0.2, 0.25) is 10.0 Å². The monoisotopic (exact) mass is 366 g/mol. The minimum atomic E-state index is -0.495. The van der Waals surface area contributed by atoms with E-state index >= 15 is 0 Å². The summed E-state index contributed by atoms with van der Waals surface area (Å²) in [7, 11) is 3.12. The third-order valence-corrected chi connectivity index (χ3v) is 3.81. The van der Waals surface area contributed by atoms with Gasteiger partial charge in [0, 0.05) is 27.2 Å². The summed E-state index contributed by atoms with van der Waals surface area (Å²) in [6.45, 7) is 0.0639. The molecule has 0 aromatic heterocycles. The Balaban J connectivity index is 2.02. The summed E-state index contributed by atoms with van der Waals surface area (Å²) in [5.74, 6) is 0.795. The molecular weight excluding hydrogens is 351 g/mol. The summed E-state index contributed by atoms with van der Waals surface area (Å²) >= 11 is 11.9. The molecule has 0 saturated heterocycles. The minimum absolute atomic E-state index is 0.0639. The molecule has 24 heavy (non-hydrogen) atoms. The lowest BCUT2D eigenvalue weighted by Crippen LogP contribution is -2.01. The molecule has 0 bridgehead atoms. The Labute approximate surface area is 150 Å². The fourth-order valence-corrected chi connectivity index (χ4v) is 2.43. The number of esters is 1. The second-order valence-electron chi connectivity index (χ2n) is 4.78. The molecule has 0 radical (unpaired) electrons. The van der Waals surface area contributed by atoms with Crippen LogP contribution in [-0.4, -0.2) is 20.2 Å². The Bertz CT molecular complexity index is 757. The predicted octanol–water partition coefficient (Wildman–Crippen LogP) is 4.77. The average molecular weight is 367 g/mol. The van der Waals surface area contributed by atoms with Crippen molar-refractivity contribution in [1.29, 1.82) is 0 Å². The zero-order chi connectivity index (χ0) is 17.5. The highest BCUT2D eigenvalue weighted by Crippen LogP contribution is 2.25. The van der Waals surface area contributed by atoms with Crippen molar-refractivity contribution < 1.29 is 19.0 Å². The SMILES string of the molecule is COc1ccc(OC)c(/C=C/C(=O)OCc2ccc(Cl)cc2Cl)c1. The van der Waals surface area contributed by atoms with Gasteiger partial charge in [-0.25, -0.2) is 4.79 Å². The van der Waals surface area contributed by atoms with E-state index in [-0.39, 0.29) is 6.61 Å². The van der Waals surface area contributed by atoms with Crippen LogP contribution >= 0.6 is 23.2 Å². The van der Waals surface area contributed by atoms with Crippen molar-refractivity contribution in [3.8, 4) is 11.5 Å². The Hall–Kier alpha value is -2.17. The van der Waals surface area contributed by atoms with Gasteiger partial charge < -0.3 is 14.2 Å². The summed E-state index contributed by atoms with van der Waals surface area (Å²) in [4.78, 5) is 11.9. The van der Waals surface area contributed by atoms with Crippen molar-refractivity contribution in [3.05, 3.63) is 63.6 Å². The first-order valence-electron chi connectivity index (χ1n) is 7.04. The van der Waals surface area contributed by atoms with Gasteiger partial charge in [0.25, 0.3) is 0 Å². The van der Waals surface area contributed by atoms with Gasteiger partial charge in [-0.15, -0.1) is 0 Å². The maximum atomic E-state index is 11.9. The number of halogens is 2. The number of methoxy groups -OCH3 is 2. The quantitative estimate of drug-likeness (QED) is 0.545. The highest BCUT2D eigenvalue weighted by atomic mass is 35.5. The van der Waals surface area contributed by atoms with Crippen LogP contribution in [0.15, 0.2) is 42.5 Å². The van der Waals surface area contributed by atoms with Crippen LogP contribution in [-0.2, 0) is 16.1 Å². The number of carbonyl (C=O) groups is 1. The maximum absolute atomic E-state index is 11.9. The summed E-state index contributed by atoms with van der Waals surface area (Å²) in [5.41, 5.74) is 1.39. The maximum Gasteiger partial charge on any atom is 0.331 e. The van der Waals surface area contributed by atoms with E-state index in [9.17, 15) is 4.79 Å². The van der Waals surface area contributed by atoms with Gasteiger partial charge in [0.1, 0.15) is 18.1 Å². The standard InChI is InChI=1S/C18H16Cl2O4/c1-22-15-6-7-17(23-2)12(9-15)4-8-18(21)24-11-13-3-5-14(19)10-16(13)20/h3-10H,11H2,1-2H3/b8-4+. The number of carbonyl (C=O) groups excluding carboxylic acids is 1. The Morgan fingerprint density at radius 1 is 1.08 bits per heavy atom. The van der Waals surface area contributed by atoms with Gasteiger partial charge in [0.15, 0.2) is 0 Å². The van der Waals surface area contributed by atoms with E-state index < -0.39 is 5.97 Å². The van der Waals surface area contributed by atoms with Crippen molar-refractivity contribution in [3.63, 3.8) is 0 Å². The molecule has 0 aliphatic carbocycles.